The molecule has 9 heteroatoms. The number of imidazole rings is 1. The van der Waals surface area contributed by atoms with Crippen molar-refractivity contribution in [3.63, 3.8) is 0 Å². The number of piperidine rings is 1. The van der Waals surface area contributed by atoms with Crippen LogP contribution in [0.15, 0.2) is 12.4 Å². The molecule has 0 aliphatic carbocycles. The van der Waals surface area contributed by atoms with Crippen LogP contribution in [0, 0.1) is 5.92 Å². The Labute approximate surface area is 117 Å². The van der Waals surface area contributed by atoms with E-state index < -0.39 is 16.1 Å². The Hall–Kier alpha value is -1.61. The minimum Gasteiger partial charge on any atom is -0.466 e. The van der Waals surface area contributed by atoms with Crippen LogP contribution < -0.4 is 4.72 Å². The summed E-state index contributed by atoms with van der Waals surface area (Å²) in [5, 5.41) is 0. The van der Waals surface area contributed by atoms with E-state index in [9.17, 15) is 13.2 Å². The van der Waals surface area contributed by atoms with Gasteiger partial charge in [-0.2, -0.15) is 12.7 Å². The van der Waals surface area contributed by atoms with E-state index in [1.165, 1.54) is 16.7 Å². The average molecular weight is 302 g/mol. The SMILES string of the molecule is CCOC(=O)C1CCCN(S(=O)(=O)Nc2ncc[nH]2)C1. The highest BCUT2D eigenvalue weighted by atomic mass is 32.2. The van der Waals surface area contributed by atoms with E-state index in [1.807, 2.05) is 0 Å². The zero-order chi connectivity index (χ0) is 14.6. The van der Waals surface area contributed by atoms with Gasteiger partial charge in [-0.15, -0.1) is 0 Å². The summed E-state index contributed by atoms with van der Waals surface area (Å²) in [5.74, 6) is -0.592. The lowest BCUT2D eigenvalue weighted by molar-refractivity contribution is -0.149. The maximum Gasteiger partial charge on any atom is 0.310 e. The third-order valence-electron chi connectivity index (χ3n) is 3.07. The number of aromatic nitrogens is 2. The molecular formula is C11H18N4O4S. The fourth-order valence-corrected chi connectivity index (χ4v) is 3.35. The van der Waals surface area contributed by atoms with Gasteiger partial charge in [0, 0.05) is 25.5 Å². The van der Waals surface area contributed by atoms with Gasteiger partial charge in [-0.05, 0) is 19.8 Å². The molecule has 0 bridgehead atoms. The van der Waals surface area contributed by atoms with E-state index in [0.29, 0.717) is 26.0 Å². The number of H-pyrrole nitrogens is 1. The molecule has 20 heavy (non-hydrogen) atoms. The van der Waals surface area contributed by atoms with Gasteiger partial charge in [0.25, 0.3) is 0 Å². The van der Waals surface area contributed by atoms with Crippen LogP contribution in [0.1, 0.15) is 19.8 Å². The zero-order valence-corrected chi connectivity index (χ0v) is 12.0. The molecule has 1 atom stereocenters. The number of ether oxygens (including phenoxy) is 1. The second-order valence-corrected chi connectivity index (χ2v) is 6.16. The molecule has 2 N–H and O–H groups in total. The van der Waals surface area contributed by atoms with E-state index in [-0.39, 0.29) is 18.5 Å². The van der Waals surface area contributed by atoms with Gasteiger partial charge >= 0.3 is 16.2 Å². The van der Waals surface area contributed by atoms with Gasteiger partial charge in [-0.25, -0.2) is 9.71 Å². The van der Waals surface area contributed by atoms with E-state index in [1.54, 1.807) is 6.92 Å². The predicted octanol–water partition coefficient (Wildman–Crippen LogP) is 0.341. The topological polar surface area (TPSA) is 104 Å². The Balaban J connectivity index is 2.02. The minimum atomic E-state index is -3.71. The molecule has 0 saturated carbocycles. The van der Waals surface area contributed by atoms with Gasteiger partial charge in [0.2, 0.25) is 5.95 Å². The quantitative estimate of drug-likeness (QED) is 0.763. The number of hydrogen-bond donors (Lipinski definition) is 2. The Bertz CT molecular complexity index is 543. The summed E-state index contributed by atoms with van der Waals surface area (Å²) in [6.07, 6.45) is 4.25. The Morgan fingerprint density at radius 2 is 2.45 bits per heavy atom. The predicted molar refractivity (Wildman–Crippen MR) is 72.1 cm³/mol. The smallest absolute Gasteiger partial charge is 0.310 e. The average Bonchev–Trinajstić information content (AvgIpc) is 2.91. The molecule has 0 spiro atoms. The van der Waals surface area contributed by atoms with Gasteiger partial charge in [-0.1, -0.05) is 0 Å². The van der Waals surface area contributed by atoms with Crippen molar-refractivity contribution in [3.8, 4) is 0 Å². The molecule has 8 nitrogen and oxygen atoms in total. The molecule has 0 aromatic carbocycles. The molecule has 2 heterocycles. The number of carbonyl (C=O) groups is 1. The number of anilines is 1. The molecule has 1 aromatic rings. The molecule has 0 amide bonds. The summed E-state index contributed by atoms with van der Waals surface area (Å²) in [5.41, 5.74) is 0. The lowest BCUT2D eigenvalue weighted by atomic mass is 10.0. The Kier molecular flexibility index (Phi) is 4.61. The normalized spacial score (nSPS) is 20.6. The largest absolute Gasteiger partial charge is 0.466 e. The Morgan fingerprint density at radius 3 is 3.10 bits per heavy atom. The second-order valence-electron chi connectivity index (χ2n) is 4.49. The summed E-state index contributed by atoms with van der Waals surface area (Å²) in [4.78, 5) is 18.2. The van der Waals surface area contributed by atoms with Crippen LogP contribution in [0.2, 0.25) is 0 Å². The number of nitrogens with zero attached hydrogens (tertiary/aromatic N) is 2. The first kappa shape index (κ1) is 14.8. The second kappa shape index (κ2) is 6.23. The lowest BCUT2D eigenvalue weighted by Gasteiger charge is -2.30. The van der Waals surface area contributed by atoms with E-state index in [4.69, 9.17) is 4.74 Å². The first-order valence-electron chi connectivity index (χ1n) is 6.47. The monoisotopic (exact) mass is 302 g/mol. The van der Waals surface area contributed by atoms with Crippen LogP contribution in [0.3, 0.4) is 0 Å². The maximum absolute atomic E-state index is 12.2. The third kappa shape index (κ3) is 3.48. The molecule has 1 unspecified atom stereocenters. The standard InChI is InChI=1S/C11H18N4O4S/c1-2-19-10(16)9-4-3-7-15(8-9)20(17,18)14-11-12-5-6-13-11/h5-6,9H,2-4,7-8H2,1H3,(H2,12,13,14). The van der Waals surface area contributed by atoms with Crippen molar-refractivity contribution in [3.05, 3.63) is 12.4 Å². The maximum atomic E-state index is 12.2. The molecule has 1 aromatic heterocycles. The number of aromatic amines is 1. The number of rotatable bonds is 5. The van der Waals surface area contributed by atoms with E-state index in [2.05, 4.69) is 14.7 Å². The Morgan fingerprint density at radius 1 is 1.65 bits per heavy atom. The van der Waals surface area contributed by atoms with Crippen LogP contribution in [0.5, 0.6) is 0 Å². The summed E-state index contributed by atoms with van der Waals surface area (Å²) in [6.45, 7) is 2.54. The van der Waals surface area contributed by atoms with Crippen molar-refractivity contribution in [1.82, 2.24) is 14.3 Å². The first-order chi connectivity index (χ1) is 9.53. The summed E-state index contributed by atoms with van der Waals surface area (Å²) in [7, 11) is -3.71. The van der Waals surface area contributed by atoms with Crippen molar-refractivity contribution in [1.29, 1.82) is 0 Å². The molecule has 1 saturated heterocycles. The number of carbonyl (C=O) groups excluding carboxylic acids is 1. The zero-order valence-electron chi connectivity index (χ0n) is 11.2. The first-order valence-corrected chi connectivity index (χ1v) is 7.91. The van der Waals surface area contributed by atoms with Gasteiger partial charge < -0.3 is 9.72 Å². The van der Waals surface area contributed by atoms with E-state index >= 15 is 0 Å². The van der Waals surface area contributed by atoms with Crippen molar-refractivity contribution in [2.24, 2.45) is 5.92 Å². The van der Waals surface area contributed by atoms with E-state index in [0.717, 1.165) is 0 Å². The van der Waals surface area contributed by atoms with Crippen molar-refractivity contribution in [2.45, 2.75) is 19.8 Å². The van der Waals surface area contributed by atoms with Gasteiger partial charge in [-0.3, -0.25) is 4.79 Å². The van der Waals surface area contributed by atoms with Crippen LogP contribution >= 0.6 is 0 Å². The molecule has 1 aliphatic heterocycles. The van der Waals surface area contributed by atoms with Crippen LogP contribution in [-0.2, 0) is 19.7 Å². The number of esters is 1. The van der Waals surface area contributed by atoms with Gasteiger partial charge in [0.15, 0.2) is 0 Å². The molecule has 1 aliphatic rings. The fraction of sp³-hybridized carbons (Fsp3) is 0.636. The highest BCUT2D eigenvalue weighted by molar-refractivity contribution is 7.90. The summed E-state index contributed by atoms with van der Waals surface area (Å²) in [6, 6.07) is 0. The van der Waals surface area contributed by atoms with Crippen molar-refractivity contribution >= 4 is 22.1 Å². The van der Waals surface area contributed by atoms with Crippen LogP contribution in [-0.4, -0.2) is 48.4 Å². The van der Waals surface area contributed by atoms with Crippen molar-refractivity contribution in [2.75, 3.05) is 24.4 Å². The number of nitrogens with one attached hydrogen (secondary N) is 2. The fourth-order valence-electron chi connectivity index (χ4n) is 2.12. The molecular weight excluding hydrogens is 284 g/mol. The minimum absolute atomic E-state index is 0.134. The highest BCUT2D eigenvalue weighted by Gasteiger charge is 2.33. The molecule has 112 valence electrons. The van der Waals surface area contributed by atoms with Gasteiger partial charge in [0.05, 0.1) is 12.5 Å². The summed E-state index contributed by atoms with van der Waals surface area (Å²) < 4.78 is 32.9. The summed E-state index contributed by atoms with van der Waals surface area (Å²) >= 11 is 0. The molecule has 0 radical (unpaired) electrons. The highest BCUT2D eigenvalue weighted by Crippen LogP contribution is 2.21. The van der Waals surface area contributed by atoms with Gasteiger partial charge in [0.1, 0.15) is 0 Å². The molecule has 1 fully saturated rings. The van der Waals surface area contributed by atoms with Crippen molar-refractivity contribution < 1.29 is 17.9 Å². The molecule has 2 rings (SSSR count). The van der Waals surface area contributed by atoms with Crippen LogP contribution in [0.25, 0.3) is 0 Å². The number of hydrogen-bond acceptors (Lipinski definition) is 5. The lowest BCUT2D eigenvalue weighted by Crippen LogP contribution is -2.45. The van der Waals surface area contributed by atoms with Crippen LogP contribution in [0.4, 0.5) is 5.95 Å². The third-order valence-corrected chi connectivity index (χ3v) is 4.53.